The molecule has 0 aliphatic carbocycles. The maximum absolute atomic E-state index is 13.3. The molecule has 3 heterocycles. The van der Waals surface area contributed by atoms with Crippen molar-refractivity contribution < 1.29 is 18.0 Å². The molecule has 0 atom stereocenters. The second-order valence-electron chi connectivity index (χ2n) is 6.96. The average Bonchev–Trinajstić information content (AvgIpc) is 3.25. The summed E-state index contributed by atoms with van der Waals surface area (Å²) >= 11 is 0. The first kappa shape index (κ1) is 23.1. The van der Waals surface area contributed by atoms with Crippen LogP contribution in [0.1, 0.15) is 27.2 Å². The minimum Gasteiger partial charge on any atom is -0.322 e. The molecule has 0 aliphatic rings. The van der Waals surface area contributed by atoms with Crippen LogP contribution in [0.5, 0.6) is 0 Å². The first-order chi connectivity index (χ1) is 16.8. The molecule has 4 aromatic rings. The normalized spacial score (nSPS) is 11.2. The van der Waals surface area contributed by atoms with Crippen LogP contribution in [0.25, 0.3) is 5.65 Å². The minimum absolute atomic E-state index is 0.0207. The van der Waals surface area contributed by atoms with Crippen molar-refractivity contribution in [3.63, 3.8) is 0 Å². The third kappa shape index (κ3) is 5.66. The van der Waals surface area contributed by atoms with Crippen molar-refractivity contribution in [3.8, 4) is 11.8 Å². The van der Waals surface area contributed by atoms with Gasteiger partial charge in [-0.05, 0) is 42.3 Å². The lowest BCUT2D eigenvalue weighted by atomic mass is 10.1. The number of nitrogens with one attached hydrogen (secondary N) is 3. The van der Waals surface area contributed by atoms with E-state index in [1.54, 1.807) is 29.0 Å². The van der Waals surface area contributed by atoms with Crippen LogP contribution in [0.4, 0.5) is 24.5 Å². The van der Waals surface area contributed by atoms with Gasteiger partial charge in [-0.25, -0.2) is 9.50 Å². The van der Waals surface area contributed by atoms with Crippen LogP contribution in [0.15, 0.2) is 66.3 Å². The van der Waals surface area contributed by atoms with E-state index in [0.29, 0.717) is 16.9 Å². The molecule has 0 spiro atoms. The molecule has 0 fully saturated rings. The zero-order valence-electron chi connectivity index (χ0n) is 17.7. The number of pyridine rings is 1. The summed E-state index contributed by atoms with van der Waals surface area (Å²) in [5.41, 5.74) is 2.95. The molecule has 3 N–H and O–H groups in total. The largest absolute Gasteiger partial charge is 0.416 e. The van der Waals surface area contributed by atoms with E-state index in [9.17, 15) is 18.0 Å². The molecule has 0 saturated carbocycles. The fourth-order valence-corrected chi connectivity index (χ4v) is 2.96. The zero-order valence-corrected chi connectivity index (χ0v) is 17.7. The predicted octanol–water partition coefficient (Wildman–Crippen LogP) is 3.84. The Kier molecular flexibility index (Phi) is 6.50. The summed E-state index contributed by atoms with van der Waals surface area (Å²) in [7, 11) is 0. The molecule has 4 rings (SSSR count). The number of benzene rings is 1. The van der Waals surface area contributed by atoms with E-state index in [1.807, 2.05) is 0 Å². The standard InChI is InChI=1S/C23H15F3N8O/c24-23(25,26)17-9-18(11-19(10-17)33-30-7-5-27)32-22(35)16-8-15(12-28-13-16)3-4-20-14-29-21-2-1-6-31-34(20)21/h1-2,5-14,27,33H,(H,32,35)/b27-5?,30-7-. The Hall–Kier alpha value is -5.05. The first-order valence-corrected chi connectivity index (χ1v) is 9.91. The molecule has 0 radical (unpaired) electrons. The van der Waals surface area contributed by atoms with Crippen molar-refractivity contribution >= 4 is 35.4 Å². The highest BCUT2D eigenvalue weighted by Crippen LogP contribution is 2.33. The van der Waals surface area contributed by atoms with E-state index in [-0.39, 0.29) is 16.9 Å². The van der Waals surface area contributed by atoms with E-state index >= 15 is 0 Å². The van der Waals surface area contributed by atoms with Crippen molar-refractivity contribution in [1.29, 1.82) is 5.41 Å². The number of anilines is 2. The van der Waals surface area contributed by atoms with Gasteiger partial charge in [0.05, 0.1) is 29.2 Å². The lowest BCUT2D eigenvalue weighted by Gasteiger charge is -2.13. The highest BCUT2D eigenvalue weighted by atomic mass is 19.4. The molecule has 174 valence electrons. The smallest absolute Gasteiger partial charge is 0.322 e. The number of carbonyl (C=O) groups is 1. The lowest BCUT2D eigenvalue weighted by molar-refractivity contribution is -0.137. The van der Waals surface area contributed by atoms with Crippen molar-refractivity contribution in [1.82, 2.24) is 19.6 Å². The number of rotatable bonds is 5. The third-order valence-electron chi connectivity index (χ3n) is 4.47. The van der Waals surface area contributed by atoms with Gasteiger partial charge in [-0.2, -0.15) is 23.4 Å². The number of halogens is 3. The van der Waals surface area contributed by atoms with Gasteiger partial charge in [0.25, 0.3) is 5.91 Å². The van der Waals surface area contributed by atoms with Gasteiger partial charge in [0.2, 0.25) is 0 Å². The summed E-state index contributed by atoms with van der Waals surface area (Å²) in [6.45, 7) is 0. The fourth-order valence-electron chi connectivity index (χ4n) is 2.96. The van der Waals surface area contributed by atoms with Crippen molar-refractivity contribution in [2.24, 2.45) is 5.10 Å². The van der Waals surface area contributed by atoms with Crippen LogP contribution in [0, 0.1) is 17.3 Å². The lowest BCUT2D eigenvalue weighted by Crippen LogP contribution is -2.14. The van der Waals surface area contributed by atoms with Gasteiger partial charge in [-0.1, -0.05) is 5.92 Å². The van der Waals surface area contributed by atoms with Gasteiger partial charge in [0.1, 0.15) is 5.69 Å². The van der Waals surface area contributed by atoms with Crippen LogP contribution in [-0.4, -0.2) is 37.9 Å². The Morgan fingerprint density at radius 3 is 2.74 bits per heavy atom. The van der Waals surface area contributed by atoms with Crippen LogP contribution >= 0.6 is 0 Å². The molecule has 1 aromatic carbocycles. The second-order valence-corrected chi connectivity index (χ2v) is 6.96. The van der Waals surface area contributed by atoms with Gasteiger partial charge in [-0.3, -0.25) is 15.2 Å². The number of hydrogen-bond donors (Lipinski definition) is 3. The number of carbonyl (C=O) groups excluding carboxylic acids is 1. The summed E-state index contributed by atoms with van der Waals surface area (Å²) in [4.78, 5) is 20.9. The summed E-state index contributed by atoms with van der Waals surface area (Å²) in [6.07, 6.45) is 3.15. The van der Waals surface area contributed by atoms with Crippen LogP contribution < -0.4 is 10.7 Å². The summed E-state index contributed by atoms with van der Waals surface area (Å²) in [6, 6.07) is 7.91. The van der Waals surface area contributed by atoms with E-state index in [2.05, 4.69) is 42.8 Å². The summed E-state index contributed by atoms with van der Waals surface area (Å²) in [5, 5.41) is 17.1. The first-order valence-electron chi connectivity index (χ1n) is 9.91. The van der Waals surface area contributed by atoms with Gasteiger partial charge in [0.15, 0.2) is 5.65 Å². The van der Waals surface area contributed by atoms with E-state index in [4.69, 9.17) is 5.41 Å². The topological polar surface area (TPSA) is 120 Å². The number of amides is 1. The number of hydrazone groups is 1. The number of nitrogens with zero attached hydrogens (tertiary/aromatic N) is 5. The van der Waals surface area contributed by atoms with Crippen LogP contribution in [0.2, 0.25) is 0 Å². The number of imidazole rings is 1. The number of hydrogen-bond acceptors (Lipinski definition) is 7. The van der Waals surface area contributed by atoms with E-state index in [0.717, 1.165) is 24.6 Å². The maximum Gasteiger partial charge on any atom is 0.416 e. The molecule has 0 unspecified atom stereocenters. The quantitative estimate of drug-likeness (QED) is 0.230. The number of aromatic nitrogens is 4. The minimum atomic E-state index is -4.65. The molecular weight excluding hydrogens is 461 g/mol. The molecule has 9 nitrogen and oxygen atoms in total. The molecule has 0 saturated heterocycles. The van der Waals surface area contributed by atoms with Crippen molar-refractivity contribution in [2.75, 3.05) is 10.7 Å². The molecule has 35 heavy (non-hydrogen) atoms. The van der Waals surface area contributed by atoms with Gasteiger partial charge < -0.3 is 10.7 Å². The number of fused-ring (bicyclic) bond motifs is 1. The molecule has 3 aromatic heterocycles. The van der Waals surface area contributed by atoms with Crippen molar-refractivity contribution in [2.45, 2.75) is 6.18 Å². The van der Waals surface area contributed by atoms with Gasteiger partial charge in [0, 0.05) is 36.1 Å². The Labute approximate surface area is 196 Å². The van der Waals surface area contributed by atoms with Crippen LogP contribution in [0.3, 0.4) is 0 Å². The van der Waals surface area contributed by atoms with Crippen LogP contribution in [-0.2, 0) is 6.18 Å². The van der Waals surface area contributed by atoms with Gasteiger partial charge >= 0.3 is 6.18 Å². The fraction of sp³-hybridized carbons (Fsp3) is 0.0435. The highest BCUT2D eigenvalue weighted by Gasteiger charge is 2.31. The van der Waals surface area contributed by atoms with Crippen molar-refractivity contribution in [3.05, 3.63) is 83.6 Å². The van der Waals surface area contributed by atoms with E-state index < -0.39 is 17.6 Å². The monoisotopic (exact) mass is 476 g/mol. The summed E-state index contributed by atoms with van der Waals surface area (Å²) in [5.74, 6) is 5.11. The SMILES string of the molecule is N=C/C=N\Nc1cc(NC(=O)c2cncc(C#Cc3cnc4cccnn34)c2)cc(C(F)(F)F)c1. The second kappa shape index (κ2) is 9.84. The molecule has 0 aliphatic heterocycles. The highest BCUT2D eigenvalue weighted by molar-refractivity contribution is 6.14. The van der Waals surface area contributed by atoms with E-state index in [1.165, 1.54) is 24.5 Å². The Bertz CT molecular complexity index is 1500. The summed E-state index contributed by atoms with van der Waals surface area (Å²) < 4.78 is 41.5. The molecule has 0 bridgehead atoms. The molecule has 1 amide bonds. The Morgan fingerprint density at radius 2 is 1.94 bits per heavy atom. The Balaban J connectivity index is 1.57. The third-order valence-corrected chi connectivity index (χ3v) is 4.47. The number of alkyl halides is 3. The van der Waals surface area contributed by atoms with Gasteiger partial charge in [-0.15, -0.1) is 0 Å². The predicted molar refractivity (Wildman–Crippen MR) is 123 cm³/mol. The molecular formula is C23H15F3N8O. The molecule has 12 heteroatoms. The zero-order chi connectivity index (χ0) is 24.8. The average molecular weight is 476 g/mol. The Morgan fingerprint density at radius 1 is 1.11 bits per heavy atom. The maximum atomic E-state index is 13.3.